The molecule has 0 aliphatic rings. The van der Waals surface area contributed by atoms with E-state index in [1.165, 1.54) is 5.69 Å². The SMILES string of the molecule is CCn1nc(C)cc1Cc1cc(C)cnc1N. The summed E-state index contributed by atoms with van der Waals surface area (Å²) in [5.41, 5.74) is 10.3. The van der Waals surface area contributed by atoms with E-state index >= 15 is 0 Å². The van der Waals surface area contributed by atoms with Crippen molar-refractivity contribution in [3.05, 3.63) is 40.8 Å². The first kappa shape index (κ1) is 11.6. The summed E-state index contributed by atoms with van der Waals surface area (Å²) < 4.78 is 2.01. The van der Waals surface area contributed by atoms with Crippen LogP contribution < -0.4 is 5.73 Å². The third-order valence-corrected chi connectivity index (χ3v) is 2.79. The lowest BCUT2D eigenvalue weighted by molar-refractivity contribution is 0.625. The fourth-order valence-corrected chi connectivity index (χ4v) is 1.99. The van der Waals surface area contributed by atoms with Crippen molar-refractivity contribution in [3.63, 3.8) is 0 Å². The summed E-state index contributed by atoms with van der Waals surface area (Å²) in [6, 6.07) is 4.19. The Hall–Kier alpha value is -1.84. The highest BCUT2D eigenvalue weighted by atomic mass is 15.3. The third-order valence-electron chi connectivity index (χ3n) is 2.79. The molecule has 0 bridgehead atoms. The van der Waals surface area contributed by atoms with E-state index in [1.807, 2.05) is 18.5 Å². The first-order valence-electron chi connectivity index (χ1n) is 5.84. The molecule has 0 aromatic carbocycles. The quantitative estimate of drug-likeness (QED) is 0.878. The van der Waals surface area contributed by atoms with Crippen LogP contribution in [0.5, 0.6) is 0 Å². The topological polar surface area (TPSA) is 56.7 Å². The number of rotatable bonds is 3. The van der Waals surface area contributed by atoms with E-state index in [9.17, 15) is 0 Å². The zero-order valence-electron chi connectivity index (χ0n) is 10.6. The van der Waals surface area contributed by atoms with Crippen molar-refractivity contribution in [2.24, 2.45) is 0 Å². The number of pyridine rings is 1. The van der Waals surface area contributed by atoms with Crippen molar-refractivity contribution < 1.29 is 0 Å². The molecule has 2 aromatic heterocycles. The molecule has 4 heteroatoms. The molecular formula is C13H18N4. The van der Waals surface area contributed by atoms with Crippen LogP contribution in [-0.4, -0.2) is 14.8 Å². The molecule has 2 rings (SSSR count). The second kappa shape index (κ2) is 4.57. The van der Waals surface area contributed by atoms with E-state index in [0.717, 1.165) is 29.8 Å². The molecule has 0 saturated carbocycles. The third kappa shape index (κ3) is 2.46. The number of aryl methyl sites for hydroxylation is 3. The average Bonchev–Trinajstić information content (AvgIpc) is 2.64. The Kier molecular flexibility index (Phi) is 3.13. The summed E-state index contributed by atoms with van der Waals surface area (Å²) in [4.78, 5) is 4.19. The van der Waals surface area contributed by atoms with Gasteiger partial charge >= 0.3 is 0 Å². The van der Waals surface area contributed by atoms with Gasteiger partial charge in [-0.25, -0.2) is 4.98 Å². The Labute approximate surface area is 101 Å². The summed E-state index contributed by atoms with van der Waals surface area (Å²) in [5.74, 6) is 0.608. The lowest BCUT2D eigenvalue weighted by Crippen LogP contribution is -2.06. The lowest BCUT2D eigenvalue weighted by atomic mass is 10.1. The lowest BCUT2D eigenvalue weighted by Gasteiger charge is -2.07. The number of nitrogens with zero attached hydrogens (tertiary/aromatic N) is 3. The molecule has 0 amide bonds. The molecule has 0 atom stereocenters. The molecule has 90 valence electrons. The van der Waals surface area contributed by atoms with Crippen molar-refractivity contribution in [1.29, 1.82) is 0 Å². The van der Waals surface area contributed by atoms with Gasteiger partial charge < -0.3 is 5.73 Å². The van der Waals surface area contributed by atoms with Gasteiger partial charge in [-0.15, -0.1) is 0 Å². The molecule has 0 radical (unpaired) electrons. The highest BCUT2D eigenvalue weighted by Gasteiger charge is 2.08. The second-order valence-corrected chi connectivity index (χ2v) is 4.33. The van der Waals surface area contributed by atoms with Crippen molar-refractivity contribution in [3.8, 4) is 0 Å². The van der Waals surface area contributed by atoms with Crippen LogP contribution >= 0.6 is 0 Å². The molecule has 2 aromatic rings. The molecule has 0 saturated heterocycles. The van der Waals surface area contributed by atoms with Gasteiger partial charge in [-0.05, 0) is 32.4 Å². The van der Waals surface area contributed by atoms with Gasteiger partial charge in [0.1, 0.15) is 5.82 Å². The summed E-state index contributed by atoms with van der Waals surface area (Å²) in [7, 11) is 0. The zero-order chi connectivity index (χ0) is 12.4. The van der Waals surface area contributed by atoms with Crippen LogP contribution in [0.2, 0.25) is 0 Å². The molecule has 0 aliphatic heterocycles. The van der Waals surface area contributed by atoms with Gasteiger partial charge in [0.2, 0.25) is 0 Å². The Morgan fingerprint density at radius 1 is 1.29 bits per heavy atom. The number of anilines is 1. The van der Waals surface area contributed by atoms with Crippen LogP contribution in [0.1, 0.15) is 29.4 Å². The molecule has 2 N–H and O–H groups in total. The van der Waals surface area contributed by atoms with E-state index in [-0.39, 0.29) is 0 Å². The molecule has 0 unspecified atom stereocenters. The number of nitrogens with two attached hydrogens (primary N) is 1. The van der Waals surface area contributed by atoms with Crippen LogP contribution in [-0.2, 0) is 13.0 Å². The maximum absolute atomic E-state index is 5.89. The number of hydrogen-bond acceptors (Lipinski definition) is 3. The number of aromatic nitrogens is 3. The maximum Gasteiger partial charge on any atom is 0.126 e. The van der Waals surface area contributed by atoms with Gasteiger partial charge in [-0.1, -0.05) is 6.07 Å². The average molecular weight is 230 g/mol. The van der Waals surface area contributed by atoms with E-state index in [0.29, 0.717) is 5.82 Å². The Morgan fingerprint density at radius 3 is 2.76 bits per heavy atom. The van der Waals surface area contributed by atoms with Crippen LogP contribution in [0.25, 0.3) is 0 Å². The predicted molar refractivity (Wildman–Crippen MR) is 68.8 cm³/mol. The normalized spacial score (nSPS) is 10.8. The molecule has 2 heterocycles. The fourth-order valence-electron chi connectivity index (χ4n) is 1.99. The minimum Gasteiger partial charge on any atom is -0.383 e. The van der Waals surface area contributed by atoms with Crippen molar-refractivity contribution in [1.82, 2.24) is 14.8 Å². The summed E-state index contributed by atoms with van der Waals surface area (Å²) in [5, 5.41) is 4.43. The van der Waals surface area contributed by atoms with Crippen molar-refractivity contribution in [2.75, 3.05) is 5.73 Å². The van der Waals surface area contributed by atoms with Crippen molar-refractivity contribution in [2.45, 2.75) is 33.7 Å². The first-order chi connectivity index (χ1) is 8.10. The molecule has 4 nitrogen and oxygen atoms in total. The van der Waals surface area contributed by atoms with Crippen LogP contribution in [0.3, 0.4) is 0 Å². The minimum atomic E-state index is 0.608. The number of hydrogen-bond donors (Lipinski definition) is 1. The summed E-state index contributed by atoms with van der Waals surface area (Å²) in [6.45, 7) is 7.00. The minimum absolute atomic E-state index is 0.608. The maximum atomic E-state index is 5.89. The van der Waals surface area contributed by atoms with Gasteiger partial charge in [-0.3, -0.25) is 4.68 Å². The Balaban J connectivity index is 2.33. The van der Waals surface area contributed by atoms with Gasteiger partial charge in [0.05, 0.1) is 5.69 Å². The van der Waals surface area contributed by atoms with E-state index in [1.54, 1.807) is 6.20 Å². The number of nitrogen functional groups attached to an aromatic ring is 1. The highest BCUT2D eigenvalue weighted by molar-refractivity contribution is 5.43. The Bertz CT molecular complexity index is 528. The molecule has 0 spiro atoms. The molecule has 0 aliphatic carbocycles. The smallest absolute Gasteiger partial charge is 0.126 e. The molecule has 0 fully saturated rings. The van der Waals surface area contributed by atoms with Gasteiger partial charge in [0.25, 0.3) is 0 Å². The standard InChI is InChI=1S/C13H18N4/c1-4-17-12(6-10(3)16-17)7-11-5-9(2)8-15-13(11)14/h5-6,8H,4,7H2,1-3H3,(H2,14,15). The van der Waals surface area contributed by atoms with E-state index in [2.05, 4.69) is 29.1 Å². The Morgan fingerprint density at radius 2 is 2.06 bits per heavy atom. The zero-order valence-corrected chi connectivity index (χ0v) is 10.6. The molecule has 17 heavy (non-hydrogen) atoms. The monoisotopic (exact) mass is 230 g/mol. The van der Waals surface area contributed by atoms with E-state index in [4.69, 9.17) is 5.73 Å². The van der Waals surface area contributed by atoms with Crippen LogP contribution in [0.15, 0.2) is 18.3 Å². The highest BCUT2D eigenvalue weighted by Crippen LogP contribution is 2.16. The summed E-state index contributed by atoms with van der Waals surface area (Å²) >= 11 is 0. The first-order valence-corrected chi connectivity index (χ1v) is 5.84. The van der Waals surface area contributed by atoms with Crippen LogP contribution in [0, 0.1) is 13.8 Å². The van der Waals surface area contributed by atoms with Crippen LogP contribution in [0.4, 0.5) is 5.82 Å². The van der Waals surface area contributed by atoms with Gasteiger partial charge in [-0.2, -0.15) is 5.10 Å². The largest absolute Gasteiger partial charge is 0.383 e. The second-order valence-electron chi connectivity index (χ2n) is 4.33. The predicted octanol–water partition coefficient (Wildman–Crippen LogP) is 2.09. The molecular weight excluding hydrogens is 212 g/mol. The fraction of sp³-hybridized carbons (Fsp3) is 0.385. The summed E-state index contributed by atoms with van der Waals surface area (Å²) in [6.07, 6.45) is 2.58. The van der Waals surface area contributed by atoms with Gasteiger partial charge in [0.15, 0.2) is 0 Å². The van der Waals surface area contributed by atoms with Gasteiger partial charge in [0, 0.05) is 30.4 Å². The van der Waals surface area contributed by atoms with E-state index < -0.39 is 0 Å². The van der Waals surface area contributed by atoms with Crippen molar-refractivity contribution >= 4 is 5.82 Å².